The van der Waals surface area contributed by atoms with E-state index in [1.165, 1.54) is 121 Å². The lowest BCUT2D eigenvalue weighted by Crippen LogP contribution is -2.34. The van der Waals surface area contributed by atoms with E-state index >= 15 is 0 Å². The second-order valence-electron chi connectivity index (χ2n) is 23.8. The first-order valence-electron chi connectivity index (χ1n) is 34.5. The lowest BCUT2D eigenvalue weighted by atomic mass is 10.1. The Morgan fingerprint density at radius 1 is 0.495 bits per heavy atom. The monoisotopic (exact) mass is 1340 g/mol. The minimum atomic E-state index is -4.09. The molecular formula is C65H126N8O16P2. The van der Waals surface area contributed by atoms with Crippen molar-refractivity contribution in [1.82, 2.24) is 5.32 Å². The van der Waals surface area contributed by atoms with E-state index in [2.05, 4.69) is 66.2 Å². The molecule has 0 aliphatic heterocycles. The van der Waals surface area contributed by atoms with Crippen LogP contribution in [-0.4, -0.2) is 127 Å². The second kappa shape index (κ2) is 63.8. The van der Waals surface area contributed by atoms with Gasteiger partial charge in [-0.25, -0.2) is 13.9 Å². The first-order chi connectivity index (χ1) is 43.9. The summed E-state index contributed by atoms with van der Waals surface area (Å²) in [6, 6.07) is -1.57. The molecule has 532 valence electrons. The summed E-state index contributed by atoms with van der Waals surface area (Å²) in [4.78, 5) is 42.7. The number of ether oxygens (including phenoxy) is 5. The van der Waals surface area contributed by atoms with Crippen LogP contribution in [0.15, 0.2) is 35.5 Å². The van der Waals surface area contributed by atoms with Crippen molar-refractivity contribution in [3.63, 3.8) is 0 Å². The maximum absolute atomic E-state index is 13.1. The Kier molecular flexibility index (Phi) is 62.7. The molecule has 3 N–H and O–H groups in total. The number of carbonyl (C=O) groups is 3. The number of hydrogen-bond donors (Lipinski definition) is 2. The molecule has 2 unspecified atom stereocenters. The van der Waals surface area contributed by atoms with E-state index in [0.29, 0.717) is 32.3 Å². The summed E-state index contributed by atoms with van der Waals surface area (Å²) in [5.41, 5.74) is 22.8. The number of nitrogens with zero attached hydrogens (tertiary/aromatic N) is 6. The zero-order valence-corrected chi connectivity index (χ0v) is 59.4. The number of alkyl carbamates (subject to hydrolysis) is 1. The van der Waals surface area contributed by atoms with Gasteiger partial charge < -0.3 is 34.7 Å². The van der Waals surface area contributed by atoms with Crippen molar-refractivity contribution in [2.24, 2.45) is 16.0 Å². The van der Waals surface area contributed by atoms with E-state index in [4.69, 9.17) is 67.6 Å². The Bertz CT molecular complexity index is 1980. The average Bonchev–Trinajstić information content (AvgIpc) is 3.59. The third-order valence-electron chi connectivity index (χ3n) is 14.0. The molecule has 26 heteroatoms. The number of nitrogens with one attached hydrogen (secondary N) is 1. The number of carbonyl (C=O) groups excluding carboxylic acids is 3. The molecule has 0 fully saturated rings. The largest absolute Gasteiger partial charge is 0.475 e. The molecule has 0 aromatic rings. The normalized spacial score (nSPS) is 14.0. The number of hydrogen-bond acceptors (Lipinski definition) is 19. The van der Waals surface area contributed by atoms with Gasteiger partial charge in [0.25, 0.3) is 0 Å². The van der Waals surface area contributed by atoms with E-state index in [-0.39, 0.29) is 96.7 Å². The molecule has 1 amide bonds. The standard InChI is InChI=1S/C35H67N4O9P.C30H59N4O7P/c1-7-10-12-14-15-16-17-19-21-23-33(40)47-32(22-20-18-13-11-8-2)24-27-43-29-31(38-39-36)30-46-49(42,44-26-9-3)45-28-25-37-34(41)48-35(4,5)6;1-4-7-9-11-12-13-14-16-18-20-30(35)41-29(19-17-15-10-8-5-2)21-24-37-26-28(33-34-32)27-40-42(36,38-23-6-3)39-25-22-31/h9,31-32H,3,7-8,10-30H2,1-2,4-6H3,(H,37,41);6,28-29H,3-5,7-27,31H2,1-2H3/t31-,32-,49?;28-,29-,42?/m11/s1. The molecule has 0 radical (unpaired) electrons. The zero-order chi connectivity index (χ0) is 67.8. The van der Waals surface area contributed by atoms with Gasteiger partial charge in [0.05, 0.1) is 78.2 Å². The minimum Gasteiger partial charge on any atom is -0.462 e. The highest BCUT2D eigenvalue weighted by atomic mass is 31.2. The van der Waals surface area contributed by atoms with Crippen molar-refractivity contribution in [3.05, 3.63) is 46.2 Å². The number of azide groups is 2. The number of unbranched alkanes of at least 4 members (excludes halogenated alkanes) is 24. The van der Waals surface area contributed by atoms with Crippen LogP contribution in [-0.2, 0) is 69.5 Å². The van der Waals surface area contributed by atoms with Crippen molar-refractivity contribution in [1.29, 1.82) is 0 Å². The molecule has 0 aromatic heterocycles. The smallest absolute Gasteiger partial charge is 0.462 e. The highest BCUT2D eigenvalue weighted by Crippen LogP contribution is 2.50. The van der Waals surface area contributed by atoms with Gasteiger partial charge >= 0.3 is 33.7 Å². The predicted molar refractivity (Wildman–Crippen MR) is 362 cm³/mol. The van der Waals surface area contributed by atoms with Crippen LogP contribution in [0.1, 0.15) is 267 Å². The number of phosphoric ester groups is 2. The van der Waals surface area contributed by atoms with E-state index in [9.17, 15) is 23.5 Å². The van der Waals surface area contributed by atoms with Gasteiger partial charge in [-0.1, -0.05) is 204 Å². The Morgan fingerprint density at radius 2 is 0.846 bits per heavy atom. The van der Waals surface area contributed by atoms with Gasteiger partial charge in [0.1, 0.15) is 17.8 Å². The molecule has 0 rings (SSSR count). The lowest BCUT2D eigenvalue weighted by molar-refractivity contribution is -0.151. The van der Waals surface area contributed by atoms with Gasteiger partial charge in [0.2, 0.25) is 0 Å². The number of esters is 2. The number of nitrogens with two attached hydrogens (primary N) is 1. The molecule has 0 aliphatic rings. The molecule has 6 atom stereocenters. The van der Waals surface area contributed by atoms with Gasteiger partial charge in [-0.15, -0.1) is 13.2 Å². The van der Waals surface area contributed by atoms with Gasteiger partial charge in [0, 0.05) is 48.6 Å². The van der Waals surface area contributed by atoms with Crippen LogP contribution in [0.25, 0.3) is 20.9 Å². The maximum Gasteiger partial charge on any atom is 0.475 e. The van der Waals surface area contributed by atoms with Crippen LogP contribution >= 0.6 is 15.6 Å². The molecule has 0 saturated heterocycles. The van der Waals surface area contributed by atoms with Crippen LogP contribution in [0.4, 0.5) is 4.79 Å². The molecule has 91 heavy (non-hydrogen) atoms. The van der Waals surface area contributed by atoms with Crippen molar-refractivity contribution >= 4 is 33.7 Å². The molecule has 0 aliphatic carbocycles. The molecule has 0 aromatic carbocycles. The van der Waals surface area contributed by atoms with Crippen molar-refractivity contribution in [3.8, 4) is 0 Å². The first-order valence-corrected chi connectivity index (χ1v) is 37.4. The highest BCUT2D eigenvalue weighted by molar-refractivity contribution is 7.48. The van der Waals surface area contributed by atoms with Crippen molar-refractivity contribution in [2.45, 2.75) is 297 Å². The molecule has 0 saturated carbocycles. The molecule has 24 nitrogen and oxygen atoms in total. The van der Waals surface area contributed by atoms with E-state index < -0.39 is 39.4 Å². The Balaban J connectivity index is 0. The van der Waals surface area contributed by atoms with Gasteiger partial charge in [-0.3, -0.25) is 36.7 Å². The fourth-order valence-electron chi connectivity index (χ4n) is 9.02. The van der Waals surface area contributed by atoms with Gasteiger partial charge in [-0.05, 0) is 70.4 Å². The highest BCUT2D eigenvalue weighted by Gasteiger charge is 2.30. The van der Waals surface area contributed by atoms with E-state index in [1.54, 1.807) is 20.8 Å². The topological polar surface area (TPSA) is 322 Å². The van der Waals surface area contributed by atoms with Crippen LogP contribution in [0.2, 0.25) is 0 Å². The molecule has 0 heterocycles. The zero-order valence-electron chi connectivity index (χ0n) is 57.6. The fourth-order valence-corrected chi connectivity index (χ4v) is 11.4. The lowest BCUT2D eigenvalue weighted by Gasteiger charge is -2.21. The third kappa shape index (κ3) is 61.1. The number of phosphoric acid groups is 2. The number of rotatable bonds is 65. The van der Waals surface area contributed by atoms with Crippen LogP contribution in [0.3, 0.4) is 0 Å². The summed E-state index contributed by atoms with van der Waals surface area (Å²) < 4.78 is 85.9. The Morgan fingerprint density at radius 3 is 1.19 bits per heavy atom. The Labute approximate surface area is 549 Å². The quantitative estimate of drug-likeness (QED) is 0.00835. The summed E-state index contributed by atoms with van der Waals surface area (Å²) in [5, 5.41) is 9.87. The maximum atomic E-state index is 13.1. The number of amides is 1. The van der Waals surface area contributed by atoms with Crippen molar-refractivity contribution < 1.29 is 74.3 Å². The molecule has 0 bridgehead atoms. The predicted octanol–water partition coefficient (Wildman–Crippen LogP) is 18.7. The molecular weight excluding hydrogens is 1210 g/mol. The van der Waals surface area contributed by atoms with Crippen LogP contribution < -0.4 is 11.1 Å². The minimum absolute atomic E-state index is 0.00780. The SMILES string of the molecule is C=CCOP(=O)(OCCN)OC[C@@H](COCC[C@@H](CCCCCCC)OC(=O)CCCCCCCCCCC)N=[N+]=[N-].C=CCOP(=O)(OCCNC(=O)OC(C)(C)C)OC[C@@H](COCC[C@@H](CCCCCCC)OC(=O)CCCCCCCCCCC)N=[N+]=[N-]. The third-order valence-corrected chi connectivity index (χ3v) is 16.8. The van der Waals surface area contributed by atoms with E-state index in [0.717, 1.165) is 83.5 Å². The molecule has 0 spiro atoms. The average molecular weight is 1340 g/mol. The fraction of sp³-hybridized carbons (Fsp3) is 0.892. The summed E-state index contributed by atoms with van der Waals surface area (Å²) >= 11 is 0. The summed E-state index contributed by atoms with van der Waals surface area (Å²) in [6.45, 7) is 21.0. The van der Waals surface area contributed by atoms with Gasteiger partial charge in [0.15, 0.2) is 0 Å². The first kappa shape index (κ1) is 89.5. The van der Waals surface area contributed by atoms with Gasteiger partial charge in [-0.2, -0.15) is 0 Å². The Hall–Kier alpha value is -3.59. The second-order valence-corrected chi connectivity index (χ2v) is 27.1. The summed E-state index contributed by atoms with van der Waals surface area (Å²) in [7, 11) is -7.98. The summed E-state index contributed by atoms with van der Waals surface area (Å²) in [5.74, 6) is -0.317. The van der Waals surface area contributed by atoms with Crippen LogP contribution in [0.5, 0.6) is 0 Å². The summed E-state index contributed by atoms with van der Waals surface area (Å²) in [6.07, 6.45) is 37.9. The van der Waals surface area contributed by atoms with Crippen LogP contribution in [0, 0.1) is 0 Å². The van der Waals surface area contributed by atoms with Crippen molar-refractivity contribution in [2.75, 3.05) is 79.2 Å². The van der Waals surface area contributed by atoms with E-state index in [1.807, 2.05) is 0 Å².